The molecule has 0 aromatic carbocycles. The molecule has 2 heteroatoms. The van der Waals surface area contributed by atoms with Gasteiger partial charge >= 0.3 is 0 Å². The maximum atomic E-state index is 5.03. The van der Waals surface area contributed by atoms with E-state index >= 15 is 0 Å². The van der Waals surface area contributed by atoms with Crippen LogP contribution in [0.5, 0.6) is 0 Å². The van der Waals surface area contributed by atoms with Gasteiger partial charge in [-0.3, -0.25) is 0 Å². The number of allylic oxidation sites excluding steroid dienone is 1. The molecule has 0 amide bonds. The maximum absolute atomic E-state index is 5.03. The molecule has 5 heavy (non-hydrogen) atoms. The highest BCUT2D eigenvalue weighted by Gasteiger charge is 1.68. The summed E-state index contributed by atoms with van der Waals surface area (Å²) in [6, 6.07) is 0. The Labute approximate surface area is 41.4 Å². The van der Waals surface area contributed by atoms with E-state index in [2.05, 4.69) is 6.92 Å². The molecule has 0 saturated heterocycles. The van der Waals surface area contributed by atoms with Gasteiger partial charge in [0.2, 0.25) is 0 Å². The molecular weight excluding hydrogens is 107 g/mol. The zero-order valence-electron chi connectivity index (χ0n) is 2.54. The summed E-state index contributed by atoms with van der Waals surface area (Å²) in [5, 5.41) is 0. The smallest absolute Gasteiger partial charge is 0.0712 e. The topological polar surface area (TPSA) is 0 Å². The normalized spacial score (nSPS) is 7.00. The summed E-state index contributed by atoms with van der Waals surface area (Å²) in [4.78, 5) is 0. The van der Waals surface area contributed by atoms with Gasteiger partial charge in [-0.25, -0.2) is 0 Å². The fourth-order valence-corrected chi connectivity index (χ4v) is 0. The second kappa shape index (κ2) is 2.55. The number of rotatable bonds is 0. The van der Waals surface area contributed by atoms with Gasteiger partial charge in [-0.1, -0.05) is 29.3 Å². The number of hydrogen-bond acceptors (Lipinski definition) is 0. The van der Waals surface area contributed by atoms with Gasteiger partial charge in [0.25, 0.3) is 0 Å². The molecule has 0 N–H and O–H groups in total. The lowest BCUT2D eigenvalue weighted by Crippen LogP contribution is -1.39. The van der Waals surface area contributed by atoms with Crippen LogP contribution in [0, 0.1) is 6.92 Å². The lowest BCUT2D eigenvalue weighted by molar-refractivity contribution is 2.09. The minimum absolute atomic E-state index is 0.213. The summed E-state index contributed by atoms with van der Waals surface area (Å²) in [5.41, 5.74) is 0. The Bertz CT molecular complexity index is 42.9. The summed E-state index contributed by atoms with van der Waals surface area (Å²) in [6.07, 6.45) is 1.36. The molecule has 0 atom stereocenters. The fourth-order valence-electron chi connectivity index (χ4n) is 0. The van der Waals surface area contributed by atoms with Gasteiger partial charge in [-0.05, 0) is 6.92 Å². The van der Waals surface area contributed by atoms with Crippen molar-refractivity contribution < 1.29 is 0 Å². The van der Waals surface area contributed by atoms with Crippen LogP contribution < -0.4 is 0 Å². The van der Waals surface area contributed by atoms with E-state index in [0.717, 1.165) is 0 Å². The highest BCUT2D eigenvalue weighted by atomic mass is 35.5. The van der Waals surface area contributed by atoms with E-state index in [1.54, 1.807) is 0 Å². The monoisotopic (exact) mass is 109 g/mol. The minimum Gasteiger partial charge on any atom is -0.0712 e. The quantitative estimate of drug-likeness (QED) is 0.448. The van der Waals surface area contributed by atoms with Crippen LogP contribution in [-0.2, 0) is 0 Å². The van der Waals surface area contributed by atoms with Gasteiger partial charge in [0.05, 0.1) is 0 Å². The van der Waals surface area contributed by atoms with Crippen LogP contribution in [0.15, 0.2) is 10.6 Å². The van der Waals surface area contributed by atoms with Crippen LogP contribution in [0.2, 0.25) is 0 Å². The van der Waals surface area contributed by atoms with E-state index in [1.165, 1.54) is 6.08 Å². The Balaban J connectivity index is 3.14. The Morgan fingerprint density at radius 2 is 1.80 bits per heavy atom. The van der Waals surface area contributed by atoms with Crippen LogP contribution in [0.25, 0.3) is 0 Å². The van der Waals surface area contributed by atoms with Gasteiger partial charge in [-0.2, -0.15) is 0 Å². The lowest BCUT2D eigenvalue weighted by Gasteiger charge is -1.66. The van der Waals surface area contributed by atoms with E-state index in [9.17, 15) is 0 Å². The third-order valence-corrected chi connectivity index (χ3v) is 0.463. The van der Waals surface area contributed by atoms with Crippen LogP contribution in [-0.4, -0.2) is 0 Å². The Hall–Kier alpha value is 0.320. The van der Waals surface area contributed by atoms with Crippen molar-refractivity contribution in [3.8, 4) is 0 Å². The first-order valence-corrected chi connectivity index (χ1v) is 1.83. The molecule has 0 bridgehead atoms. The second-order valence-corrected chi connectivity index (χ2v) is 1.50. The first-order valence-electron chi connectivity index (χ1n) is 1.07. The average Bonchev–Trinajstić information content (AvgIpc) is 1.38. The van der Waals surface area contributed by atoms with Crippen molar-refractivity contribution in [2.75, 3.05) is 0 Å². The minimum atomic E-state index is 0.213. The van der Waals surface area contributed by atoms with Crippen LogP contribution >= 0.6 is 23.2 Å². The predicted octanol–water partition coefficient (Wildman–Crippen LogP) is 2.14. The summed E-state index contributed by atoms with van der Waals surface area (Å²) >= 11 is 10.1. The van der Waals surface area contributed by atoms with Gasteiger partial charge in [0.1, 0.15) is 4.49 Å². The summed E-state index contributed by atoms with van der Waals surface area (Å²) in [5.74, 6) is 0. The third-order valence-electron chi connectivity index (χ3n) is 0.154. The molecule has 29 valence electrons. The van der Waals surface area contributed by atoms with Crippen LogP contribution in [0.3, 0.4) is 0 Å². The standard InChI is InChI=1S/C3H3Cl2/c1-2-3(4)5/h2H,1H2. The molecule has 1 radical (unpaired) electrons. The predicted molar refractivity (Wildman–Crippen MR) is 25.1 cm³/mol. The molecule has 0 aliphatic rings. The maximum Gasteiger partial charge on any atom is 0.102 e. The van der Waals surface area contributed by atoms with Crippen LogP contribution in [0.1, 0.15) is 0 Å². The first-order chi connectivity index (χ1) is 2.27. The van der Waals surface area contributed by atoms with Crippen molar-refractivity contribution in [1.82, 2.24) is 0 Å². The summed E-state index contributed by atoms with van der Waals surface area (Å²) in [6.45, 7) is 3.26. The third kappa shape index (κ3) is 4.32. The van der Waals surface area contributed by atoms with E-state index in [-0.39, 0.29) is 4.49 Å². The molecule has 0 nitrogen and oxygen atoms in total. The Morgan fingerprint density at radius 1 is 1.60 bits per heavy atom. The molecule has 0 spiro atoms. The zero-order valence-corrected chi connectivity index (χ0v) is 4.05. The van der Waals surface area contributed by atoms with Crippen molar-refractivity contribution >= 4 is 23.2 Å². The molecule has 0 fully saturated rings. The van der Waals surface area contributed by atoms with Gasteiger partial charge < -0.3 is 0 Å². The van der Waals surface area contributed by atoms with Gasteiger partial charge in [0.15, 0.2) is 0 Å². The summed E-state index contributed by atoms with van der Waals surface area (Å²) in [7, 11) is 0. The second-order valence-electron chi connectivity index (χ2n) is 0.494. The SMILES string of the molecule is [CH2]C=C(Cl)Cl. The zero-order chi connectivity index (χ0) is 4.28. The molecule has 0 aromatic heterocycles. The Morgan fingerprint density at radius 3 is 1.80 bits per heavy atom. The summed E-state index contributed by atoms with van der Waals surface area (Å²) < 4.78 is 0.213. The van der Waals surface area contributed by atoms with Crippen molar-refractivity contribution in [3.63, 3.8) is 0 Å². The van der Waals surface area contributed by atoms with Crippen molar-refractivity contribution in [3.05, 3.63) is 17.5 Å². The van der Waals surface area contributed by atoms with E-state index in [0.29, 0.717) is 0 Å². The highest BCUT2D eigenvalue weighted by Crippen LogP contribution is 2.03. The highest BCUT2D eigenvalue weighted by molar-refractivity contribution is 6.55. The molecule has 0 aliphatic heterocycles. The average molecular weight is 110 g/mol. The first kappa shape index (κ1) is 5.32. The molecular formula is C3H3Cl2. The molecule has 0 heterocycles. The van der Waals surface area contributed by atoms with Gasteiger partial charge in [-0.15, -0.1) is 0 Å². The largest absolute Gasteiger partial charge is 0.102 e. The van der Waals surface area contributed by atoms with Crippen LogP contribution in [0.4, 0.5) is 0 Å². The van der Waals surface area contributed by atoms with E-state index in [4.69, 9.17) is 23.2 Å². The Kier molecular flexibility index (Phi) is 2.71. The van der Waals surface area contributed by atoms with Crippen molar-refractivity contribution in [2.24, 2.45) is 0 Å². The fraction of sp³-hybridized carbons (Fsp3) is 0. The lowest BCUT2D eigenvalue weighted by atomic mass is 10.8. The van der Waals surface area contributed by atoms with Crippen molar-refractivity contribution in [2.45, 2.75) is 0 Å². The molecule has 0 aromatic rings. The van der Waals surface area contributed by atoms with E-state index in [1.807, 2.05) is 0 Å². The van der Waals surface area contributed by atoms with Crippen molar-refractivity contribution in [1.29, 1.82) is 0 Å². The molecule has 0 unspecified atom stereocenters. The van der Waals surface area contributed by atoms with E-state index < -0.39 is 0 Å². The molecule has 0 saturated carbocycles. The number of hydrogen-bond donors (Lipinski definition) is 0. The molecule has 0 rings (SSSR count). The van der Waals surface area contributed by atoms with Gasteiger partial charge in [0, 0.05) is 0 Å². The molecule has 0 aliphatic carbocycles. The number of halogens is 2.